The highest BCUT2D eigenvalue weighted by Gasteiger charge is 2.16. The van der Waals surface area contributed by atoms with E-state index in [2.05, 4.69) is 12.1 Å². The van der Waals surface area contributed by atoms with Gasteiger partial charge in [0.2, 0.25) is 0 Å². The maximum absolute atomic E-state index is 6.14. The fourth-order valence-electron chi connectivity index (χ4n) is 2.25. The van der Waals surface area contributed by atoms with Gasteiger partial charge in [-0.05, 0) is 47.6 Å². The van der Waals surface area contributed by atoms with E-state index >= 15 is 0 Å². The Bertz CT molecular complexity index is 529. The Kier molecular flexibility index (Phi) is 1.77. The van der Waals surface area contributed by atoms with Crippen LogP contribution < -0.4 is 0 Å². The molecule has 1 aliphatic rings. The molecule has 0 N–H and O–H groups in total. The standard InChI is InChI=1S/C12H8Cl2/c13-9-5-8-2-1-7-3-4-11(14)10(6-9)12(7)8/h3-6H,1-2H2. The Morgan fingerprint density at radius 2 is 1.71 bits per heavy atom. The summed E-state index contributed by atoms with van der Waals surface area (Å²) in [5.41, 5.74) is 2.74. The molecule has 0 nitrogen and oxygen atoms in total. The van der Waals surface area contributed by atoms with Crippen molar-refractivity contribution in [2.24, 2.45) is 0 Å². The molecule has 0 radical (unpaired) electrons. The van der Waals surface area contributed by atoms with Gasteiger partial charge in [-0.15, -0.1) is 0 Å². The van der Waals surface area contributed by atoms with Gasteiger partial charge in [0.15, 0.2) is 0 Å². The van der Waals surface area contributed by atoms with Crippen molar-refractivity contribution in [3.05, 3.63) is 45.4 Å². The molecule has 14 heavy (non-hydrogen) atoms. The molecule has 0 bridgehead atoms. The zero-order valence-electron chi connectivity index (χ0n) is 7.48. The monoisotopic (exact) mass is 222 g/mol. The molecule has 0 heterocycles. The summed E-state index contributed by atoms with van der Waals surface area (Å²) < 4.78 is 0. The molecule has 0 atom stereocenters. The van der Waals surface area contributed by atoms with Gasteiger partial charge in [0.1, 0.15) is 0 Å². The summed E-state index contributed by atoms with van der Waals surface area (Å²) in [5, 5.41) is 4.01. The van der Waals surface area contributed by atoms with E-state index in [-0.39, 0.29) is 0 Å². The number of hydrogen-bond donors (Lipinski definition) is 0. The first kappa shape index (κ1) is 8.58. The van der Waals surface area contributed by atoms with Crippen LogP contribution in [0, 0.1) is 0 Å². The minimum atomic E-state index is 0.786. The number of benzene rings is 2. The van der Waals surface area contributed by atoms with Crippen LogP contribution in [0.15, 0.2) is 24.3 Å². The van der Waals surface area contributed by atoms with Crippen molar-refractivity contribution >= 4 is 34.0 Å². The van der Waals surface area contributed by atoms with Crippen LogP contribution in [0.25, 0.3) is 10.8 Å². The number of rotatable bonds is 0. The normalized spacial score (nSPS) is 13.9. The van der Waals surface area contributed by atoms with Crippen LogP contribution in [-0.2, 0) is 12.8 Å². The maximum Gasteiger partial charge on any atom is 0.0485 e. The average Bonchev–Trinajstić information content (AvgIpc) is 2.55. The van der Waals surface area contributed by atoms with Gasteiger partial charge in [-0.25, -0.2) is 0 Å². The van der Waals surface area contributed by atoms with Crippen molar-refractivity contribution in [3.63, 3.8) is 0 Å². The Hall–Kier alpha value is -0.720. The zero-order chi connectivity index (χ0) is 9.71. The Morgan fingerprint density at radius 3 is 2.57 bits per heavy atom. The highest BCUT2D eigenvalue weighted by Crippen LogP contribution is 2.36. The molecular formula is C12H8Cl2. The topological polar surface area (TPSA) is 0 Å². The maximum atomic E-state index is 6.14. The first-order valence-corrected chi connectivity index (χ1v) is 5.41. The summed E-state index contributed by atoms with van der Waals surface area (Å²) in [5.74, 6) is 0. The molecule has 0 aromatic heterocycles. The van der Waals surface area contributed by atoms with E-state index < -0.39 is 0 Å². The average molecular weight is 223 g/mol. The highest BCUT2D eigenvalue weighted by atomic mass is 35.5. The smallest absolute Gasteiger partial charge is 0.0485 e. The SMILES string of the molecule is Clc1cc2c3c(ccc(Cl)c3c1)CC2. The van der Waals surface area contributed by atoms with Gasteiger partial charge in [0.25, 0.3) is 0 Å². The molecule has 3 rings (SSSR count). The van der Waals surface area contributed by atoms with Crippen molar-refractivity contribution in [3.8, 4) is 0 Å². The van der Waals surface area contributed by atoms with Crippen LogP contribution in [0.3, 0.4) is 0 Å². The van der Waals surface area contributed by atoms with Crippen molar-refractivity contribution in [1.29, 1.82) is 0 Å². The van der Waals surface area contributed by atoms with E-state index in [1.165, 1.54) is 16.5 Å². The molecule has 0 aliphatic heterocycles. The predicted molar refractivity (Wildman–Crippen MR) is 61.4 cm³/mol. The molecule has 2 aromatic carbocycles. The minimum absolute atomic E-state index is 0.786. The van der Waals surface area contributed by atoms with Gasteiger partial charge in [0.05, 0.1) is 0 Å². The first-order valence-electron chi connectivity index (χ1n) is 4.65. The second-order valence-corrected chi connectivity index (χ2v) is 4.54. The Balaban J connectivity index is 2.55. The van der Waals surface area contributed by atoms with Crippen LogP contribution in [0.2, 0.25) is 10.0 Å². The summed E-state index contributed by atoms with van der Waals surface area (Å²) in [7, 11) is 0. The van der Waals surface area contributed by atoms with Crippen molar-refractivity contribution in [2.45, 2.75) is 12.8 Å². The van der Waals surface area contributed by atoms with Gasteiger partial charge < -0.3 is 0 Å². The summed E-state index contributed by atoms with van der Waals surface area (Å²) in [4.78, 5) is 0. The third kappa shape index (κ3) is 1.08. The van der Waals surface area contributed by atoms with Gasteiger partial charge in [-0.2, -0.15) is 0 Å². The van der Waals surface area contributed by atoms with Crippen molar-refractivity contribution in [1.82, 2.24) is 0 Å². The fourth-order valence-corrected chi connectivity index (χ4v) is 2.71. The lowest BCUT2D eigenvalue weighted by Gasteiger charge is -2.04. The molecule has 1 aliphatic carbocycles. The molecule has 0 spiro atoms. The minimum Gasteiger partial charge on any atom is -0.0843 e. The molecule has 0 saturated heterocycles. The Morgan fingerprint density at radius 1 is 0.929 bits per heavy atom. The molecule has 0 saturated carbocycles. The Labute approximate surface area is 92.4 Å². The van der Waals surface area contributed by atoms with E-state index in [0.717, 1.165) is 28.3 Å². The van der Waals surface area contributed by atoms with Crippen LogP contribution in [-0.4, -0.2) is 0 Å². The molecule has 0 amide bonds. The third-order valence-corrected chi connectivity index (χ3v) is 3.41. The molecule has 2 heteroatoms. The second-order valence-electron chi connectivity index (χ2n) is 3.69. The largest absolute Gasteiger partial charge is 0.0843 e. The lowest BCUT2D eigenvalue weighted by atomic mass is 10.1. The van der Waals surface area contributed by atoms with Gasteiger partial charge in [-0.3, -0.25) is 0 Å². The number of aryl methyl sites for hydroxylation is 2. The fraction of sp³-hybridized carbons (Fsp3) is 0.167. The summed E-state index contributed by atoms with van der Waals surface area (Å²) in [6.07, 6.45) is 2.20. The molecular weight excluding hydrogens is 215 g/mol. The second kappa shape index (κ2) is 2.88. The van der Waals surface area contributed by atoms with Crippen molar-refractivity contribution < 1.29 is 0 Å². The summed E-state index contributed by atoms with van der Waals surface area (Å²) >= 11 is 12.2. The number of hydrogen-bond acceptors (Lipinski definition) is 0. The lowest BCUT2D eigenvalue weighted by Crippen LogP contribution is -1.80. The number of halogens is 2. The zero-order valence-corrected chi connectivity index (χ0v) is 8.99. The van der Waals surface area contributed by atoms with Crippen LogP contribution in [0.5, 0.6) is 0 Å². The molecule has 0 unspecified atom stereocenters. The first-order chi connectivity index (χ1) is 6.75. The third-order valence-electron chi connectivity index (χ3n) is 2.86. The quantitative estimate of drug-likeness (QED) is 0.626. The molecule has 0 fully saturated rings. The van der Waals surface area contributed by atoms with Crippen LogP contribution >= 0.6 is 23.2 Å². The van der Waals surface area contributed by atoms with Crippen LogP contribution in [0.4, 0.5) is 0 Å². The van der Waals surface area contributed by atoms with Gasteiger partial charge in [-0.1, -0.05) is 29.3 Å². The van der Waals surface area contributed by atoms with E-state index in [1.54, 1.807) is 0 Å². The van der Waals surface area contributed by atoms with Crippen molar-refractivity contribution in [2.75, 3.05) is 0 Å². The molecule has 70 valence electrons. The van der Waals surface area contributed by atoms with Crippen LogP contribution in [0.1, 0.15) is 11.1 Å². The van der Waals surface area contributed by atoms with E-state index in [4.69, 9.17) is 23.2 Å². The van der Waals surface area contributed by atoms with Gasteiger partial charge >= 0.3 is 0 Å². The highest BCUT2D eigenvalue weighted by molar-refractivity contribution is 6.37. The van der Waals surface area contributed by atoms with E-state index in [9.17, 15) is 0 Å². The summed E-state index contributed by atoms with van der Waals surface area (Å²) in [6, 6.07) is 8.09. The summed E-state index contributed by atoms with van der Waals surface area (Å²) in [6.45, 7) is 0. The van der Waals surface area contributed by atoms with E-state index in [0.29, 0.717) is 0 Å². The predicted octanol–water partition coefficient (Wildman–Crippen LogP) is 4.25. The van der Waals surface area contributed by atoms with E-state index in [1.807, 2.05) is 12.1 Å². The lowest BCUT2D eigenvalue weighted by molar-refractivity contribution is 1.02. The molecule has 2 aromatic rings. The van der Waals surface area contributed by atoms with Gasteiger partial charge in [0, 0.05) is 15.4 Å².